The second-order valence-electron chi connectivity index (χ2n) is 15.0. The van der Waals surface area contributed by atoms with Gasteiger partial charge in [0.25, 0.3) is 0 Å². The van der Waals surface area contributed by atoms with E-state index in [9.17, 15) is 33.6 Å². The van der Waals surface area contributed by atoms with E-state index in [1.165, 1.54) is 35.6 Å². The molecule has 0 aliphatic carbocycles. The van der Waals surface area contributed by atoms with Crippen LogP contribution in [0, 0.1) is 11.8 Å². The Kier molecular flexibility index (Phi) is 14.5. The molecular weight excluding hydrogens is 696 g/mol. The molecule has 2 unspecified atom stereocenters. The number of methoxy groups -OCH3 is 1. The summed E-state index contributed by atoms with van der Waals surface area (Å²) < 4.78 is 11.1. The molecule has 0 radical (unpaired) electrons. The summed E-state index contributed by atoms with van der Waals surface area (Å²) in [5.41, 5.74) is 0.727. The van der Waals surface area contributed by atoms with E-state index in [-0.39, 0.29) is 24.8 Å². The number of cyclic esters (lactones) is 1. The fourth-order valence-corrected chi connectivity index (χ4v) is 7.51. The lowest BCUT2D eigenvalue weighted by Gasteiger charge is -2.36. The van der Waals surface area contributed by atoms with Gasteiger partial charge in [-0.2, -0.15) is 0 Å². The average Bonchev–Trinajstić information content (AvgIpc) is 3.86. The predicted molar refractivity (Wildman–Crippen MR) is 199 cm³/mol. The van der Waals surface area contributed by atoms with Crippen LogP contribution in [0.2, 0.25) is 0 Å². The number of ether oxygens (including phenoxy) is 2. The normalized spacial score (nSPS) is 28.8. The second kappa shape index (κ2) is 18.6. The van der Waals surface area contributed by atoms with Gasteiger partial charge in [0.1, 0.15) is 48.1 Å². The van der Waals surface area contributed by atoms with Crippen molar-refractivity contribution in [3.05, 3.63) is 29.8 Å². The van der Waals surface area contributed by atoms with E-state index in [0.29, 0.717) is 50.8 Å². The summed E-state index contributed by atoms with van der Waals surface area (Å²) in [5, 5.41) is 8.22. The Bertz CT molecular complexity index is 1550. The Balaban J connectivity index is 1.82. The SMILES string of the molecule is CC[C@@H](C)[C@@H]1NC(=O)[C@H](Cc2ccc(OC)cc2)N(C)C(=O)[C@@H]2CCCN2C(=O)[C@@H]2CCCN2C(=O)C([C@@H](C)CC)NC(=O)C(NC(C)=O)[C@@H](C)OC1=O. The van der Waals surface area contributed by atoms with Gasteiger partial charge < -0.3 is 40.1 Å². The van der Waals surface area contributed by atoms with Crippen LogP contribution < -0.4 is 20.7 Å². The molecule has 0 bridgehead atoms. The fourth-order valence-electron chi connectivity index (χ4n) is 7.51. The average molecular weight is 755 g/mol. The lowest BCUT2D eigenvalue weighted by molar-refractivity contribution is -0.158. The van der Waals surface area contributed by atoms with Gasteiger partial charge in [-0.25, -0.2) is 4.79 Å². The molecule has 0 saturated carbocycles. The molecule has 3 aliphatic rings. The summed E-state index contributed by atoms with van der Waals surface area (Å²) in [6, 6.07) is 0.658. The van der Waals surface area contributed by atoms with Crippen LogP contribution >= 0.6 is 0 Å². The van der Waals surface area contributed by atoms with Crippen molar-refractivity contribution in [1.82, 2.24) is 30.7 Å². The van der Waals surface area contributed by atoms with Crippen LogP contribution in [0.15, 0.2) is 24.3 Å². The number of amides is 6. The van der Waals surface area contributed by atoms with Crippen LogP contribution in [-0.4, -0.2) is 126 Å². The molecule has 3 fully saturated rings. The number of hydrogen-bond donors (Lipinski definition) is 3. The number of likely N-dealkylation sites (N-methyl/N-ethyl adjacent to an activating group) is 1. The van der Waals surface area contributed by atoms with Crippen LogP contribution in [0.1, 0.15) is 85.6 Å². The molecule has 9 atom stereocenters. The number of esters is 1. The molecule has 1 aromatic carbocycles. The van der Waals surface area contributed by atoms with E-state index < -0.39 is 83.8 Å². The predicted octanol–water partition coefficient (Wildman–Crippen LogP) is 1.56. The van der Waals surface area contributed by atoms with E-state index >= 15 is 0 Å². The molecule has 1 aromatic rings. The zero-order valence-electron chi connectivity index (χ0n) is 32.9. The van der Waals surface area contributed by atoms with Crippen molar-refractivity contribution < 1.29 is 43.0 Å². The first-order chi connectivity index (χ1) is 25.6. The highest BCUT2D eigenvalue weighted by molar-refractivity contribution is 5.98. The Morgan fingerprint density at radius 2 is 1.39 bits per heavy atom. The van der Waals surface area contributed by atoms with Crippen LogP contribution in [0.25, 0.3) is 0 Å². The second-order valence-corrected chi connectivity index (χ2v) is 15.0. The van der Waals surface area contributed by atoms with Gasteiger partial charge in [-0.3, -0.25) is 28.8 Å². The van der Waals surface area contributed by atoms with Crippen LogP contribution in [-0.2, 0) is 44.7 Å². The van der Waals surface area contributed by atoms with Gasteiger partial charge >= 0.3 is 5.97 Å². The number of hydrogen-bond acceptors (Lipinski definition) is 9. The molecule has 3 heterocycles. The quantitative estimate of drug-likeness (QED) is 0.332. The number of nitrogens with one attached hydrogen (secondary N) is 3. The van der Waals surface area contributed by atoms with E-state index in [1.807, 2.05) is 20.8 Å². The van der Waals surface area contributed by atoms with Gasteiger partial charge in [-0.1, -0.05) is 52.7 Å². The molecule has 6 amide bonds. The third-order valence-electron chi connectivity index (χ3n) is 11.3. The lowest BCUT2D eigenvalue weighted by Crippen LogP contribution is -2.61. The molecule has 3 N–H and O–H groups in total. The van der Waals surface area contributed by atoms with E-state index in [0.717, 1.165) is 5.56 Å². The Morgan fingerprint density at radius 3 is 1.94 bits per heavy atom. The molecule has 0 aromatic heterocycles. The van der Waals surface area contributed by atoms with Crippen LogP contribution in [0.5, 0.6) is 5.75 Å². The van der Waals surface area contributed by atoms with Crippen molar-refractivity contribution in [2.45, 2.75) is 129 Å². The largest absolute Gasteiger partial charge is 0.497 e. The van der Waals surface area contributed by atoms with E-state index in [2.05, 4.69) is 16.0 Å². The fraction of sp³-hybridized carbons (Fsp3) is 0.667. The van der Waals surface area contributed by atoms with Crippen molar-refractivity contribution in [1.29, 1.82) is 0 Å². The van der Waals surface area contributed by atoms with E-state index in [4.69, 9.17) is 9.47 Å². The number of fused-ring (bicyclic) bond motifs is 2. The third kappa shape index (κ3) is 9.51. The maximum atomic E-state index is 14.4. The Hall–Kier alpha value is -4.69. The molecule has 15 nitrogen and oxygen atoms in total. The first-order valence-corrected chi connectivity index (χ1v) is 19.2. The third-order valence-corrected chi connectivity index (χ3v) is 11.3. The van der Waals surface area contributed by atoms with Gasteiger partial charge in [0, 0.05) is 33.5 Å². The van der Waals surface area contributed by atoms with Gasteiger partial charge in [-0.15, -0.1) is 0 Å². The number of rotatable bonds is 8. The summed E-state index contributed by atoms with van der Waals surface area (Å²) in [6.07, 6.45) is 1.74. The lowest BCUT2D eigenvalue weighted by atomic mass is 9.96. The highest BCUT2D eigenvalue weighted by Gasteiger charge is 2.46. The number of carbonyl (C=O) groups is 7. The monoisotopic (exact) mass is 754 g/mol. The van der Waals surface area contributed by atoms with Crippen molar-refractivity contribution >= 4 is 41.4 Å². The summed E-state index contributed by atoms with van der Waals surface area (Å²) >= 11 is 0. The zero-order valence-corrected chi connectivity index (χ0v) is 32.9. The standard InChI is InChI=1S/C39H58N6O9/c1-9-22(3)31-38(51)45-20-12-14-29(45)37(50)44-19-11-13-28(44)36(49)43(7)30(21-26-15-17-27(53-8)18-16-26)34(47)42-32(23(4)10-2)39(52)54-24(5)33(35(48)41-31)40-25(6)46/h15-18,22-24,28-33H,9-14,19-21H2,1-8H3,(H,40,46)(H,41,48)(H,42,47)/t22-,23+,24+,28-,29-,30-,31?,32-,33?/m0/s1. The van der Waals surface area contributed by atoms with Crippen LogP contribution in [0.3, 0.4) is 0 Å². The molecule has 15 heteroatoms. The Labute approximate surface area is 318 Å². The molecule has 4 rings (SSSR count). The first kappa shape index (κ1) is 42.1. The van der Waals surface area contributed by atoms with Crippen molar-refractivity contribution in [3.63, 3.8) is 0 Å². The smallest absolute Gasteiger partial charge is 0.329 e. The molecule has 54 heavy (non-hydrogen) atoms. The summed E-state index contributed by atoms with van der Waals surface area (Å²) in [5.74, 6) is -4.13. The van der Waals surface area contributed by atoms with Crippen molar-refractivity contribution in [3.8, 4) is 5.75 Å². The van der Waals surface area contributed by atoms with Crippen molar-refractivity contribution in [2.75, 3.05) is 27.2 Å². The van der Waals surface area contributed by atoms with Crippen molar-refractivity contribution in [2.24, 2.45) is 11.8 Å². The van der Waals surface area contributed by atoms with E-state index in [1.54, 1.807) is 38.3 Å². The summed E-state index contributed by atoms with van der Waals surface area (Å²) in [4.78, 5) is 102. The molecule has 3 saturated heterocycles. The molecular formula is C39H58N6O9. The van der Waals surface area contributed by atoms with Gasteiger partial charge in [0.05, 0.1) is 7.11 Å². The number of carbonyl (C=O) groups excluding carboxylic acids is 7. The minimum Gasteiger partial charge on any atom is -0.497 e. The zero-order chi connectivity index (χ0) is 39.9. The summed E-state index contributed by atoms with van der Waals surface area (Å²) in [6.45, 7) is 10.6. The van der Waals surface area contributed by atoms with Crippen LogP contribution in [0.4, 0.5) is 0 Å². The topological polar surface area (TPSA) is 184 Å². The van der Waals surface area contributed by atoms with Gasteiger partial charge in [-0.05, 0) is 62.1 Å². The number of benzene rings is 1. The maximum Gasteiger partial charge on any atom is 0.329 e. The highest BCUT2D eigenvalue weighted by Crippen LogP contribution is 2.28. The van der Waals surface area contributed by atoms with Gasteiger partial charge in [0.2, 0.25) is 35.4 Å². The summed E-state index contributed by atoms with van der Waals surface area (Å²) in [7, 11) is 3.07. The number of nitrogens with zero attached hydrogens (tertiary/aromatic N) is 3. The first-order valence-electron chi connectivity index (χ1n) is 19.2. The molecule has 0 spiro atoms. The van der Waals surface area contributed by atoms with Gasteiger partial charge in [0.15, 0.2) is 0 Å². The Morgan fingerprint density at radius 1 is 0.852 bits per heavy atom. The minimum absolute atomic E-state index is 0.0874. The molecule has 298 valence electrons. The maximum absolute atomic E-state index is 14.4. The molecule has 3 aliphatic heterocycles. The minimum atomic E-state index is -1.38. The highest BCUT2D eigenvalue weighted by atomic mass is 16.5.